The van der Waals surface area contributed by atoms with E-state index in [1.54, 1.807) is 17.0 Å². The topological polar surface area (TPSA) is 60.3 Å². The van der Waals surface area contributed by atoms with Crippen LogP contribution < -0.4 is 0 Å². The van der Waals surface area contributed by atoms with Crippen LogP contribution in [0.3, 0.4) is 0 Å². The Kier molecular flexibility index (Phi) is 5.70. The summed E-state index contributed by atoms with van der Waals surface area (Å²) in [5, 5.41) is 0.833. The number of carbonyl (C=O) groups excluding carboxylic acids is 1. The molecule has 2 aromatic heterocycles. The van der Waals surface area contributed by atoms with E-state index in [0.29, 0.717) is 65.2 Å². The average molecular weight is 443 g/mol. The van der Waals surface area contributed by atoms with E-state index in [9.17, 15) is 4.79 Å². The van der Waals surface area contributed by atoms with Gasteiger partial charge in [0.1, 0.15) is 17.0 Å². The van der Waals surface area contributed by atoms with Crippen LogP contribution in [0.4, 0.5) is 0 Å². The number of halogens is 2. The lowest BCUT2D eigenvalue weighted by Crippen LogP contribution is -2.40. The number of pyridine rings is 1. The average Bonchev–Trinajstić information content (AvgIpc) is 3.07. The Bertz CT molecular complexity index is 1190. The van der Waals surface area contributed by atoms with Crippen molar-refractivity contribution in [1.82, 2.24) is 19.4 Å². The summed E-state index contributed by atoms with van der Waals surface area (Å²) < 4.78 is 7.21. The molecule has 0 bridgehead atoms. The van der Waals surface area contributed by atoms with E-state index in [0.717, 1.165) is 16.9 Å². The van der Waals surface area contributed by atoms with Crippen LogP contribution in [0.15, 0.2) is 18.2 Å². The number of fused-ring (bicyclic) bond motifs is 1. The first kappa shape index (κ1) is 20.7. The van der Waals surface area contributed by atoms with E-state index in [2.05, 4.69) is 10.9 Å². The number of nitrogens with zero attached hydrogens (tertiary/aromatic N) is 4. The van der Waals surface area contributed by atoms with Gasteiger partial charge in [-0.1, -0.05) is 29.1 Å². The molecule has 0 atom stereocenters. The number of aryl methyl sites for hydroxylation is 2. The van der Waals surface area contributed by atoms with Crippen molar-refractivity contribution in [3.63, 3.8) is 0 Å². The summed E-state index contributed by atoms with van der Waals surface area (Å²) in [6.07, 6.45) is 5.88. The highest BCUT2D eigenvalue weighted by molar-refractivity contribution is 6.38. The molecule has 8 heteroatoms. The molecular formula is C22H20Cl2N4O2. The van der Waals surface area contributed by atoms with E-state index >= 15 is 0 Å². The SMILES string of the molecule is C#Cc1cc(C)c2nc(Cc3c(Cl)ccc(C(=O)N4CCOCC4)c3Cl)n(C)c2n1. The first-order chi connectivity index (χ1) is 14.4. The predicted octanol–water partition coefficient (Wildman–Crippen LogP) is 3.63. The second-order valence-electron chi connectivity index (χ2n) is 7.20. The fourth-order valence-corrected chi connectivity index (χ4v) is 4.18. The van der Waals surface area contributed by atoms with Crippen LogP contribution >= 0.6 is 23.2 Å². The van der Waals surface area contributed by atoms with E-state index in [1.165, 1.54) is 0 Å². The lowest BCUT2D eigenvalue weighted by atomic mass is 10.1. The Morgan fingerprint density at radius 2 is 2.00 bits per heavy atom. The lowest BCUT2D eigenvalue weighted by molar-refractivity contribution is 0.0303. The number of terminal acetylenes is 1. The quantitative estimate of drug-likeness (QED) is 0.581. The number of carbonyl (C=O) groups is 1. The normalized spacial score (nSPS) is 14.2. The zero-order chi connectivity index (χ0) is 21.4. The van der Waals surface area contributed by atoms with Gasteiger partial charge in [0.15, 0.2) is 5.65 Å². The molecule has 1 saturated heterocycles. The number of rotatable bonds is 3. The smallest absolute Gasteiger partial charge is 0.255 e. The molecule has 1 aromatic carbocycles. The maximum atomic E-state index is 13.0. The number of aromatic nitrogens is 3. The highest BCUT2D eigenvalue weighted by atomic mass is 35.5. The number of morpholine rings is 1. The Balaban J connectivity index is 1.73. The molecule has 1 aliphatic heterocycles. The summed E-state index contributed by atoms with van der Waals surface area (Å²) in [5.74, 6) is 3.18. The van der Waals surface area contributed by atoms with E-state index in [1.807, 2.05) is 24.6 Å². The maximum Gasteiger partial charge on any atom is 0.255 e. The summed E-state index contributed by atoms with van der Waals surface area (Å²) in [6.45, 7) is 4.08. The summed E-state index contributed by atoms with van der Waals surface area (Å²) in [7, 11) is 1.88. The predicted molar refractivity (Wildman–Crippen MR) is 117 cm³/mol. The van der Waals surface area contributed by atoms with Gasteiger partial charge in [-0.2, -0.15) is 0 Å². The minimum atomic E-state index is -0.123. The second-order valence-corrected chi connectivity index (χ2v) is 7.98. The molecule has 154 valence electrons. The minimum absolute atomic E-state index is 0.123. The molecule has 6 nitrogen and oxygen atoms in total. The summed E-state index contributed by atoms with van der Waals surface area (Å²) in [4.78, 5) is 23.9. The molecule has 0 unspecified atom stereocenters. The van der Waals surface area contributed by atoms with Crippen molar-refractivity contribution in [2.75, 3.05) is 26.3 Å². The number of hydrogen-bond acceptors (Lipinski definition) is 4. The Hall–Kier alpha value is -2.59. The van der Waals surface area contributed by atoms with Gasteiger partial charge in [-0.15, -0.1) is 6.42 Å². The third kappa shape index (κ3) is 3.65. The first-order valence-corrected chi connectivity index (χ1v) is 10.3. The van der Waals surface area contributed by atoms with E-state index in [4.69, 9.17) is 39.3 Å². The van der Waals surface area contributed by atoms with Gasteiger partial charge in [-0.05, 0) is 36.2 Å². The molecule has 0 aliphatic carbocycles. The van der Waals surface area contributed by atoms with Gasteiger partial charge in [-0.25, -0.2) is 9.97 Å². The molecule has 3 aromatic rings. The third-order valence-electron chi connectivity index (χ3n) is 5.31. The molecular weight excluding hydrogens is 423 g/mol. The fourth-order valence-electron chi connectivity index (χ4n) is 3.60. The van der Waals surface area contributed by atoms with Gasteiger partial charge < -0.3 is 14.2 Å². The highest BCUT2D eigenvalue weighted by Crippen LogP contribution is 2.32. The Morgan fingerprint density at radius 3 is 2.70 bits per heavy atom. The van der Waals surface area contributed by atoms with Crippen LogP contribution in [-0.2, 0) is 18.2 Å². The van der Waals surface area contributed by atoms with Crippen molar-refractivity contribution in [3.05, 3.63) is 56.5 Å². The van der Waals surface area contributed by atoms with Crippen LogP contribution in [0.2, 0.25) is 10.0 Å². The second kappa shape index (κ2) is 8.27. The fraction of sp³-hybridized carbons (Fsp3) is 0.318. The highest BCUT2D eigenvalue weighted by Gasteiger charge is 2.24. The Morgan fingerprint density at radius 1 is 1.27 bits per heavy atom. The standard InChI is InChI=1S/C22H20Cl2N4O2/c1-4-14-11-13(2)20-21(25-14)27(3)18(26-20)12-16-17(23)6-5-15(19(16)24)22(29)28-7-9-30-10-8-28/h1,5-6,11H,7-10,12H2,2-3H3. The molecule has 0 saturated carbocycles. The molecule has 4 rings (SSSR count). The minimum Gasteiger partial charge on any atom is -0.378 e. The number of benzene rings is 1. The van der Waals surface area contributed by atoms with Gasteiger partial charge in [0, 0.05) is 31.6 Å². The van der Waals surface area contributed by atoms with Crippen LogP contribution in [0, 0.1) is 19.3 Å². The molecule has 3 heterocycles. The number of ether oxygens (including phenoxy) is 1. The largest absolute Gasteiger partial charge is 0.378 e. The van der Waals surface area contributed by atoms with E-state index in [-0.39, 0.29) is 5.91 Å². The van der Waals surface area contributed by atoms with Crippen molar-refractivity contribution < 1.29 is 9.53 Å². The molecule has 1 aliphatic rings. The van der Waals surface area contributed by atoms with Crippen LogP contribution in [0.25, 0.3) is 11.2 Å². The van der Waals surface area contributed by atoms with E-state index < -0.39 is 0 Å². The number of imidazole rings is 1. The van der Waals surface area contributed by atoms with Gasteiger partial charge in [0.2, 0.25) is 0 Å². The number of amides is 1. The van der Waals surface area contributed by atoms with Gasteiger partial charge in [0.25, 0.3) is 5.91 Å². The third-order valence-corrected chi connectivity index (χ3v) is 6.09. The van der Waals surface area contributed by atoms with Crippen LogP contribution in [0.5, 0.6) is 0 Å². The van der Waals surface area contributed by atoms with Crippen molar-refractivity contribution in [2.24, 2.45) is 7.05 Å². The number of hydrogen-bond donors (Lipinski definition) is 0. The van der Waals surface area contributed by atoms with Crippen LogP contribution in [0.1, 0.15) is 33.0 Å². The van der Waals surface area contributed by atoms with Crippen molar-refractivity contribution >= 4 is 40.3 Å². The molecule has 0 N–H and O–H groups in total. The van der Waals surface area contributed by atoms with Gasteiger partial charge >= 0.3 is 0 Å². The molecule has 0 spiro atoms. The molecule has 0 radical (unpaired) electrons. The zero-order valence-corrected chi connectivity index (χ0v) is 18.2. The summed E-state index contributed by atoms with van der Waals surface area (Å²) in [5.41, 5.74) is 4.07. The lowest BCUT2D eigenvalue weighted by Gasteiger charge is -2.27. The molecule has 1 amide bonds. The molecule has 1 fully saturated rings. The van der Waals surface area contributed by atoms with Crippen molar-refractivity contribution in [1.29, 1.82) is 0 Å². The first-order valence-electron chi connectivity index (χ1n) is 9.54. The maximum absolute atomic E-state index is 13.0. The molecule has 30 heavy (non-hydrogen) atoms. The Labute approximate surface area is 184 Å². The summed E-state index contributed by atoms with van der Waals surface area (Å²) >= 11 is 13.1. The zero-order valence-electron chi connectivity index (χ0n) is 16.7. The van der Waals surface area contributed by atoms with Crippen molar-refractivity contribution in [3.8, 4) is 12.3 Å². The monoisotopic (exact) mass is 442 g/mol. The van der Waals surface area contributed by atoms with Gasteiger partial charge in [-0.3, -0.25) is 4.79 Å². The van der Waals surface area contributed by atoms with Gasteiger partial charge in [0.05, 0.1) is 23.8 Å². The van der Waals surface area contributed by atoms with Crippen LogP contribution in [-0.4, -0.2) is 51.6 Å². The van der Waals surface area contributed by atoms with Crippen molar-refractivity contribution in [2.45, 2.75) is 13.3 Å². The summed E-state index contributed by atoms with van der Waals surface area (Å²) in [6, 6.07) is 5.21.